The Kier molecular flexibility index (Phi) is 7.53. The number of rotatable bonds is 5. The molecule has 8 heteroatoms. The van der Waals surface area contributed by atoms with Crippen molar-refractivity contribution in [3.05, 3.63) is 65.7 Å². The summed E-state index contributed by atoms with van der Waals surface area (Å²) < 4.78 is 6.09. The second-order valence-corrected chi connectivity index (χ2v) is 10.1. The predicted molar refractivity (Wildman–Crippen MR) is 134 cm³/mol. The number of hydrogen-bond donors (Lipinski definition) is 0. The van der Waals surface area contributed by atoms with Crippen LogP contribution in [0.1, 0.15) is 23.6 Å². The Balaban J connectivity index is 1.50. The second-order valence-electron chi connectivity index (χ2n) is 7.30. The molecule has 4 rings (SSSR count). The number of hydrazone groups is 1. The van der Waals surface area contributed by atoms with Crippen molar-refractivity contribution in [2.24, 2.45) is 5.10 Å². The maximum Gasteiger partial charge on any atom is 0.253 e. The first-order chi connectivity index (χ1) is 15.2. The maximum atomic E-state index is 13.2. The highest BCUT2D eigenvalue weighted by Gasteiger charge is 2.33. The Bertz CT molecular complexity index is 944. The lowest BCUT2D eigenvalue weighted by Crippen LogP contribution is -2.36. The molecule has 1 fully saturated rings. The number of carbonyl (C=O) groups is 1. The van der Waals surface area contributed by atoms with Crippen molar-refractivity contribution in [1.82, 2.24) is 9.91 Å². The third kappa shape index (κ3) is 5.42. The van der Waals surface area contributed by atoms with Gasteiger partial charge in [-0.25, -0.2) is 5.01 Å². The third-order valence-corrected chi connectivity index (χ3v) is 7.81. The molecule has 0 bridgehead atoms. The van der Waals surface area contributed by atoms with Gasteiger partial charge < -0.3 is 9.64 Å². The van der Waals surface area contributed by atoms with Gasteiger partial charge in [0.1, 0.15) is 10.1 Å². The molecule has 2 aliphatic heterocycles. The Hall–Kier alpha value is -2.03. The van der Waals surface area contributed by atoms with E-state index in [-0.39, 0.29) is 11.9 Å². The molecule has 5 nitrogen and oxygen atoms in total. The van der Waals surface area contributed by atoms with Crippen molar-refractivity contribution >= 4 is 51.7 Å². The van der Waals surface area contributed by atoms with Crippen LogP contribution in [-0.4, -0.2) is 63.3 Å². The first-order valence-corrected chi connectivity index (χ1v) is 12.8. The molecule has 31 heavy (non-hydrogen) atoms. The number of nitrogens with zero attached hydrogens (tertiary/aromatic N) is 3. The summed E-state index contributed by atoms with van der Waals surface area (Å²) >= 11 is 8.97. The highest BCUT2D eigenvalue weighted by atomic mass is 32.2. The number of thiocarbonyl (C=S) groups is 1. The van der Waals surface area contributed by atoms with Crippen LogP contribution in [-0.2, 0) is 4.79 Å². The lowest BCUT2D eigenvalue weighted by molar-refractivity contribution is -0.130. The smallest absolute Gasteiger partial charge is 0.253 e. The summed E-state index contributed by atoms with van der Waals surface area (Å²) in [6.45, 7) is 1.92. The molecule has 2 heterocycles. The standard InChI is InChI=1S/C23H25N3O2S3/c1-28-19-9-7-18(8-10-19)21-15-20(17-5-3-2-4-6-17)24-26(21)22(27)16-31-23(29)25-11-13-30-14-12-25/h2-10,21H,11-16H2,1H3/t21-/m0/s1. The van der Waals surface area contributed by atoms with Crippen molar-refractivity contribution in [2.45, 2.75) is 12.5 Å². The van der Waals surface area contributed by atoms with Gasteiger partial charge in [0.2, 0.25) is 0 Å². The molecule has 0 radical (unpaired) electrons. The van der Waals surface area contributed by atoms with Crippen LogP contribution < -0.4 is 4.74 Å². The molecular formula is C23H25N3O2S3. The van der Waals surface area contributed by atoms with E-state index in [1.807, 2.05) is 66.4 Å². The van der Waals surface area contributed by atoms with Crippen LogP contribution in [0, 0.1) is 0 Å². The SMILES string of the molecule is COc1ccc([C@@H]2CC(c3ccccc3)=NN2C(=O)CSC(=S)N2CCSCC2)cc1. The van der Waals surface area contributed by atoms with E-state index in [1.165, 1.54) is 11.8 Å². The molecular weight excluding hydrogens is 446 g/mol. The summed E-state index contributed by atoms with van der Waals surface area (Å²) in [5.74, 6) is 3.24. The topological polar surface area (TPSA) is 45.1 Å². The molecule has 2 aromatic carbocycles. The van der Waals surface area contributed by atoms with Crippen LogP contribution in [0.15, 0.2) is 59.7 Å². The highest BCUT2D eigenvalue weighted by molar-refractivity contribution is 8.23. The van der Waals surface area contributed by atoms with Gasteiger partial charge >= 0.3 is 0 Å². The van der Waals surface area contributed by atoms with Crippen LogP contribution in [0.5, 0.6) is 5.75 Å². The van der Waals surface area contributed by atoms with E-state index in [0.29, 0.717) is 12.2 Å². The second kappa shape index (κ2) is 10.5. The molecule has 0 saturated carbocycles. The van der Waals surface area contributed by atoms with E-state index < -0.39 is 0 Å². The minimum absolute atomic E-state index is 0.0227. The highest BCUT2D eigenvalue weighted by Crippen LogP contribution is 2.34. The largest absolute Gasteiger partial charge is 0.497 e. The van der Waals surface area contributed by atoms with Gasteiger partial charge in [-0.2, -0.15) is 16.9 Å². The quantitative estimate of drug-likeness (QED) is 0.601. The van der Waals surface area contributed by atoms with Gasteiger partial charge in [0.15, 0.2) is 0 Å². The summed E-state index contributed by atoms with van der Waals surface area (Å²) in [6.07, 6.45) is 0.681. The van der Waals surface area contributed by atoms with Crippen LogP contribution in [0.4, 0.5) is 0 Å². The molecule has 1 atom stereocenters. The van der Waals surface area contributed by atoms with Crippen molar-refractivity contribution < 1.29 is 9.53 Å². The van der Waals surface area contributed by atoms with Gasteiger partial charge in [-0.3, -0.25) is 4.79 Å². The fourth-order valence-electron chi connectivity index (χ4n) is 3.66. The van der Waals surface area contributed by atoms with Gasteiger partial charge in [-0.05, 0) is 23.3 Å². The molecule has 1 amide bonds. The van der Waals surface area contributed by atoms with E-state index in [2.05, 4.69) is 4.90 Å². The molecule has 0 N–H and O–H groups in total. The fraction of sp³-hybridized carbons (Fsp3) is 0.348. The number of methoxy groups -OCH3 is 1. The Morgan fingerprint density at radius 1 is 1.16 bits per heavy atom. The Labute approximate surface area is 197 Å². The van der Waals surface area contributed by atoms with E-state index in [9.17, 15) is 4.79 Å². The normalized spacial score (nSPS) is 18.6. The fourth-order valence-corrected chi connectivity index (χ4v) is 5.66. The van der Waals surface area contributed by atoms with E-state index in [0.717, 1.165) is 51.5 Å². The van der Waals surface area contributed by atoms with Crippen molar-refractivity contribution in [3.63, 3.8) is 0 Å². The monoisotopic (exact) mass is 471 g/mol. The van der Waals surface area contributed by atoms with Gasteiger partial charge in [0, 0.05) is 31.0 Å². The summed E-state index contributed by atoms with van der Waals surface area (Å²) in [5.41, 5.74) is 3.02. The Morgan fingerprint density at radius 2 is 1.87 bits per heavy atom. The molecule has 2 aromatic rings. The molecule has 0 aromatic heterocycles. The summed E-state index contributed by atoms with van der Waals surface area (Å²) in [6, 6.07) is 17.8. The van der Waals surface area contributed by atoms with Gasteiger partial charge in [0.25, 0.3) is 5.91 Å². The van der Waals surface area contributed by atoms with E-state index in [1.54, 1.807) is 12.1 Å². The van der Waals surface area contributed by atoms with Crippen molar-refractivity contribution in [1.29, 1.82) is 0 Å². The predicted octanol–water partition coefficient (Wildman–Crippen LogP) is 4.44. The number of carbonyl (C=O) groups excluding carboxylic acids is 1. The molecule has 2 aliphatic rings. The Morgan fingerprint density at radius 3 is 2.55 bits per heavy atom. The molecule has 0 aliphatic carbocycles. The lowest BCUT2D eigenvalue weighted by Gasteiger charge is -2.28. The first-order valence-electron chi connectivity index (χ1n) is 10.2. The molecule has 0 spiro atoms. The third-order valence-electron chi connectivity index (χ3n) is 5.36. The van der Waals surface area contributed by atoms with Crippen LogP contribution in [0.2, 0.25) is 0 Å². The van der Waals surface area contributed by atoms with Crippen LogP contribution in [0.3, 0.4) is 0 Å². The maximum absolute atomic E-state index is 13.2. The summed E-state index contributed by atoms with van der Waals surface area (Å²) in [5, 5.41) is 6.39. The van der Waals surface area contributed by atoms with Crippen LogP contribution >= 0.6 is 35.7 Å². The zero-order chi connectivity index (χ0) is 21.6. The van der Waals surface area contributed by atoms with Crippen LogP contribution in [0.25, 0.3) is 0 Å². The van der Waals surface area contributed by atoms with Crippen molar-refractivity contribution in [3.8, 4) is 5.75 Å². The molecule has 0 unspecified atom stereocenters. The van der Waals surface area contributed by atoms with E-state index >= 15 is 0 Å². The lowest BCUT2D eigenvalue weighted by atomic mass is 9.98. The number of hydrogen-bond acceptors (Lipinski definition) is 6. The van der Waals surface area contributed by atoms with Crippen molar-refractivity contribution in [2.75, 3.05) is 37.5 Å². The zero-order valence-electron chi connectivity index (χ0n) is 17.4. The van der Waals surface area contributed by atoms with Gasteiger partial charge in [-0.15, -0.1) is 0 Å². The zero-order valence-corrected chi connectivity index (χ0v) is 19.8. The summed E-state index contributed by atoms with van der Waals surface area (Å²) in [7, 11) is 1.65. The van der Waals surface area contributed by atoms with Gasteiger partial charge in [-0.1, -0.05) is 66.4 Å². The van der Waals surface area contributed by atoms with E-state index in [4.69, 9.17) is 22.1 Å². The number of thioether (sulfide) groups is 2. The first kappa shape index (κ1) is 22.2. The van der Waals surface area contributed by atoms with Gasteiger partial charge in [0.05, 0.1) is 24.6 Å². The average Bonchev–Trinajstić information content (AvgIpc) is 3.29. The molecule has 162 valence electrons. The average molecular weight is 472 g/mol. The number of benzene rings is 2. The molecule has 1 saturated heterocycles. The number of amides is 1. The number of ether oxygens (including phenoxy) is 1. The summed E-state index contributed by atoms with van der Waals surface area (Å²) in [4.78, 5) is 15.4. The minimum atomic E-state index is -0.130. The minimum Gasteiger partial charge on any atom is -0.497 e.